The highest BCUT2D eigenvalue weighted by Crippen LogP contribution is 2.10. The fourth-order valence-electron chi connectivity index (χ4n) is 0.682. The molecular formula is C16H24O6. The van der Waals surface area contributed by atoms with E-state index in [-0.39, 0.29) is 25.4 Å². The van der Waals surface area contributed by atoms with Gasteiger partial charge in [-0.2, -0.15) is 0 Å². The largest absolute Gasteiger partial charge is 0.478 e. The molecule has 0 aliphatic rings. The van der Waals surface area contributed by atoms with Gasteiger partial charge in [-0.05, 0) is 6.92 Å². The van der Waals surface area contributed by atoms with E-state index in [0.717, 1.165) is 11.8 Å². The van der Waals surface area contributed by atoms with E-state index in [9.17, 15) is 9.59 Å². The zero-order chi connectivity index (χ0) is 17.6. The zero-order valence-corrected chi connectivity index (χ0v) is 12.9. The normalized spacial score (nSPS) is 9.50. The molecule has 0 spiro atoms. The van der Waals surface area contributed by atoms with Gasteiger partial charge in [0.1, 0.15) is 6.29 Å². The van der Waals surface area contributed by atoms with Gasteiger partial charge in [0.2, 0.25) is 0 Å². The lowest BCUT2D eigenvalue weighted by Crippen LogP contribution is -2.29. The average Bonchev–Trinajstić information content (AvgIpc) is 2.56. The van der Waals surface area contributed by atoms with E-state index < -0.39 is 11.4 Å². The zero-order valence-electron chi connectivity index (χ0n) is 12.9. The summed E-state index contributed by atoms with van der Waals surface area (Å²) in [7, 11) is 0. The lowest BCUT2D eigenvalue weighted by atomic mass is 9.95. The summed E-state index contributed by atoms with van der Waals surface area (Å²) in [5, 5.41) is 33.3. The van der Waals surface area contributed by atoms with Crippen LogP contribution in [0.2, 0.25) is 0 Å². The summed E-state index contributed by atoms with van der Waals surface area (Å²) in [6, 6.07) is 9.10. The van der Waals surface area contributed by atoms with Crippen LogP contribution in [0.1, 0.15) is 24.2 Å². The molecule has 0 fully saturated rings. The van der Waals surface area contributed by atoms with Crippen molar-refractivity contribution in [3.8, 4) is 0 Å². The maximum Gasteiger partial charge on any atom is 0.330 e. The molecular weight excluding hydrogens is 288 g/mol. The number of hydrogen-bond donors (Lipinski definition) is 4. The highest BCUT2D eigenvalue weighted by molar-refractivity contribution is 5.84. The summed E-state index contributed by atoms with van der Waals surface area (Å²) < 4.78 is 0. The Hall–Kier alpha value is -2.02. The van der Waals surface area contributed by atoms with E-state index >= 15 is 0 Å². The third-order valence-electron chi connectivity index (χ3n) is 2.45. The van der Waals surface area contributed by atoms with Crippen LogP contribution in [0.4, 0.5) is 0 Å². The molecule has 1 rings (SSSR count). The van der Waals surface area contributed by atoms with Crippen LogP contribution in [0.25, 0.3) is 0 Å². The van der Waals surface area contributed by atoms with E-state index in [2.05, 4.69) is 6.58 Å². The SMILES string of the molecule is C=C(C)C(=O)O.CC(CO)(CO)CO.O=Cc1ccccc1. The number of carboxylic acids is 1. The number of aliphatic hydroxyl groups is 3. The van der Waals surface area contributed by atoms with E-state index in [0.29, 0.717) is 0 Å². The number of aldehydes is 1. The molecule has 4 N–H and O–H groups in total. The predicted molar refractivity (Wildman–Crippen MR) is 83.6 cm³/mol. The van der Waals surface area contributed by atoms with Crippen molar-refractivity contribution in [1.82, 2.24) is 0 Å². The minimum Gasteiger partial charge on any atom is -0.478 e. The van der Waals surface area contributed by atoms with Crippen LogP contribution in [-0.4, -0.2) is 52.5 Å². The first-order valence-electron chi connectivity index (χ1n) is 6.48. The fourth-order valence-corrected chi connectivity index (χ4v) is 0.682. The Morgan fingerprint density at radius 2 is 1.50 bits per heavy atom. The second kappa shape index (κ2) is 12.7. The molecule has 6 nitrogen and oxygen atoms in total. The van der Waals surface area contributed by atoms with Crippen LogP contribution in [0, 0.1) is 5.41 Å². The predicted octanol–water partition coefficient (Wildman–Crippen LogP) is 1.12. The molecule has 0 amide bonds. The summed E-state index contributed by atoms with van der Waals surface area (Å²) in [6.45, 7) is 5.66. The molecule has 0 radical (unpaired) electrons. The maximum absolute atomic E-state index is 10.0. The molecule has 6 heteroatoms. The van der Waals surface area contributed by atoms with Gasteiger partial charge in [-0.15, -0.1) is 0 Å². The van der Waals surface area contributed by atoms with Gasteiger partial charge in [0.25, 0.3) is 0 Å². The van der Waals surface area contributed by atoms with Crippen LogP contribution in [0.3, 0.4) is 0 Å². The molecule has 0 atom stereocenters. The van der Waals surface area contributed by atoms with Gasteiger partial charge < -0.3 is 20.4 Å². The summed E-state index contributed by atoms with van der Waals surface area (Å²) >= 11 is 0. The highest BCUT2D eigenvalue weighted by Gasteiger charge is 2.20. The maximum atomic E-state index is 10.0. The second-order valence-corrected chi connectivity index (χ2v) is 4.90. The van der Waals surface area contributed by atoms with Crippen LogP contribution in [0.5, 0.6) is 0 Å². The smallest absolute Gasteiger partial charge is 0.330 e. The molecule has 0 aliphatic heterocycles. The van der Waals surface area contributed by atoms with Crippen molar-refractivity contribution < 1.29 is 30.0 Å². The summed E-state index contributed by atoms with van der Waals surface area (Å²) in [5.41, 5.74) is 0.197. The fraction of sp³-hybridized carbons (Fsp3) is 0.375. The Bertz CT molecular complexity index is 417. The van der Waals surface area contributed by atoms with Crippen molar-refractivity contribution in [2.24, 2.45) is 5.41 Å². The lowest BCUT2D eigenvalue weighted by Gasteiger charge is -2.20. The Morgan fingerprint density at radius 3 is 1.64 bits per heavy atom. The van der Waals surface area contributed by atoms with Crippen molar-refractivity contribution >= 4 is 12.3 Å². The number of aliphatic hydroxyl groups excluding tert-OH is 3. The molecule has 0 aromatic heterocycles. The van der Waals surface area contributed by atoms with Gasteiger partial charge in [0.05, 0.1) is 19.8 Å². The van der Waals surface area contributed by atoms with Gasteiger partial charge >= 0.3 is 5.97 Å². The standard InChI is InChI=1S/C7H6O.C5H12O3.C4H6O2/c8-6-7-4-2-1-3-5-7;1-5(2-6,3-7)4-8;1-3(2)4(5)6/h1-6H;6-8H,2-4H2,1H3;1H2,2H3,(H,5,6). The minimum atomic E-state index is -0.935. The quantitative estimate of drug-likeness (QED) is 0.478. The molecule has 0 heterocycles. The molecule has 0 unspecified atom stereocenters. The third kappa shape index (κ3) is 11.8. The number of rotatable bonds is 5. The molecule has 1 aromatic rings. The molecule has 0 bridgehead atoms. The Kier molecular flexibility index (Phi) is 12.9. The number of carboxylic acid groups (broad SMARTS) is 1. The van der Waals surface area contributed by atoms with Crippen molar-refractivity contribution in [3.63, 3.8) is 0 Å². The van der Waals surface area contributed by atoms with Crippen molar-refractivity contribution in [1.29, 1.82) is 0 Å². The first kappa shape index (κ1) is 22.3. The summed E-state index contributed by atoms with van der Waals surface area (Å²) in [6.07, 6.45) is 0.833. The van der Waals surface area contributed by atoms with Crippen molar-refractivity contribution in [2.75, 3.05) is 19.8 Å². The van der Waals surface area contributed by atoms with Gasteiger partial charge in [-0.3, -0.25) is 4.79 Å². The molecule has 22 heavy (non-hydrogen) atoms. The molecule has 1 aromatic carbocycles. The van der Waals surface area contributed by atoms with Crippen molar-refractivity contribution in [3.05, 3.63) is 48.0 Å². The van der Waals surface area contributed by atoms with Crippen LogP contribution < -0.4 is 0 Å². The Labute approximate surface area is 130 Å². The van der Waals surface area contributed by atoms with E-state index in [1.807, 2.05) is 18.2 Å². The van der Waals surface area contributed by atoms with Crippen LogP contribution in [-0.2, 0) is 4.79 Å². The lowest BCUT2D eigenvalue weighted by molar-refractivity contribution is -0.132. The monoisotopic (exact) mass is 312 g/mol. The Morgan fingerprint density at radius 1 is 1.14 bits per heavy atom. The topological polar surface area (TPSA) is 115 Å². The summed E-state index contributed by atoms with van der Waals surface area (Å²) in [5.74, 6) is -0.935. The van der Waals surface area contributed by atoms with Gasteiger partial charge in [0, 0.05) is 16.6 Å². The second-order valence-electron chi connectivity index (χ2n) is 4.90. The van der Waals surface area contributed by atoms with Gasteiger partial charge in [-0.25, -0.2) is 4.79 Å². The highest BCUT2D eigenvalue weighted by atomic mass is 16.4. The van der Waals surface area contributed by atoms with E-state index in [1.54, 1.807) is 19.1 Å². The van der Waals surface area contributed by atoms with E-state index in [1.165, 1.54) is 6.92 Å². The number of hydrogen-bond acceptors (Lipinski definition) is 5. The minimum absolute atomic E-state index is 0.176. The number of carbonyl (C=O) groups is 2. The Balaban J connectivity index is 0. The average molecular weight is 312 g/mol. The van der Waals surface area contributed by atoms with Gasteiger partial charge in [-0.1, -0.05) is 43.8 Å². The molecule has 124 valence electrons. The number of carbonyl (C=O) groups excluding carboxylic acids is 1. The first-order chi connectivity index (χ1) is 10.3. The molecule has 0 aliphatic carbocycles. The van der Waals surface area contributed by atoms with E-state index in [4.69, 9.17) is 20.4 Å². The molecule has 0 saturated carbocycles. The van der Waals surface area contributed by atoms with Crippen molar-refractivity contribution in [2.45, 2.75) is 13.8 Å². The number of benzene rings is 1. The van der Waals surface area contributed by atoms with Crippen LogP contribution >= 0.6 is 0 Å². The third-order valence-corrected chi connectivity index (χ3v) is 2.45. The molecule has 0 saturated heterocycles. The van der Waals surface area contributed by atoms with Crippen LogP contribution in [0.15, 0.2) is 42.5 Å². The first-order valence-corrected chi connectivity index (χ1v) is 6.48. The summed E-state index contributed by atoms with van der Waals surface area (Å²) in [4.78, 5) is 19.6. The number of aliphatic carboxylic acids is 1. The van der Waals surface area contributed by atoms with Gasteiger partial charge in [0.15, 0.2) is 0 Å².